The Hall–Kier alpha value is -1.16. The van der Waals surface area contributed by atoms with E-state index in [0.717, 1.165) is 25.5 Å². The normalized spacial score (nSPS) is 32.9. The second-order valence-corrected chi connectivity index (χ2v) is 4.47. The molecule has 1 saturated heterocycles. The first-order valence-electron chi connectivity index (χ1n) is 5.53. The minimum Gasteiger partial charge on any atom is -0.392 e. The molecule has 1 aromatic rings. The van der Waals surface area contributed by atoms with E-state index in [1.807, 2.05) is 12.4 Å². The third kappa shape index (κ3) is 1.40. The summed E-state index contributed by atoms with van der Waals surface area (Å²) in [6.07, 6.45) is 4.70. The number of hydrogen-bond donors (Lipinski definition) is 1. The van der Waals surface area contributed by atoms with Crippen molar-refractivity contribution >= 4 is 5.95 Å². The fourth-order valence-corrected chi connectivity index (χ4v) is 2.35. The second-order valence-electron chi connectivity index (χ2n) is 4.47. The Morgan fingerprint density at radius 2 is 1.93 bits per heavy atom. The maximum Gasteiger partial charge on any atom is 0.225 e. The Bertz CT molecular complexity index is 353. The van der Waals surface area contributed by atoms with Gasteiger partial charge in [-0.2, -0.15) is 0 Å². The van der Waals surface area contributed by atoms with Gasteiger partial charge in [-0.3, -0.25) is 0 Å². The lowest BCUT2D eigenvalue weighted by Gasteiger charge is -2.18. The summed E-state index contributed by atoms with van der Waals surface area (Å²) >= 11 is 0. The van der Waals surface area contributed by atoms with E-state index in [9.17, 15) is 5.11 Å². The highest BCUT2D eigenvalue weighted by Crippen LogP contribution is 2.45. The molecule has 3 rings (SSSR count). The smallest absolute Gasteiger partial charge is 0.225 e. The van der Waals surface area contributed by atoms with E-state index in [4.69, 9.17) is 0 Å². The number of aliphatic hydroxyl groups excluding tert-OH is 1. The second kappa shape index (κ2) is 3.17. The molecule has 1 aliphatic heterocycles. The molecule has 0 bridgehead atoms. The van der Waals surface area contributed by atoms with Crippen molar-refractivity contribution in [2.24, 2.45) is 11.8 Å². The quantitative estimate of drug-likeness (QED) is 0.762. The lowest BCUT2D eigenvalue weighted by molar-refractivity contribution is 0.241. The first kappa shape index (κ1) is 9.09. The van der Waals surface area contributed by atoms with Crippen molar-refractivity contribution in [3.8, 4) is 0 Å². The van der Waals surface area contributed by atoms with Gasteiger partial charge in [-0.15, -0.1) is 0 Å². The van der Waals surface area contributed by atoms with Crippen LogP contribution in [0.4, 0.5) is 5.95 Å². The van der Waals surface area contributed by atoms with E-state index >= 15 is 0 Å². The first-order chi connectivity index (χ1) is 7.29. The van der Waals surface area contributed by atoms with Gasteiger partial charge in [0, 0.05) is 37.3 Å². The lowest BCUT2D eigenvalue weighted by Crippen LogP contribution is -2.26. The molecule has 2 heterocycles. The molecule has 80 valence electrons. The predicted molar refractivity (Wildman–Crippen MR) is 56.6 cm³/mol. The summed E-state index contributed by atoms with van der Waals surface area (Å²) in [5.74, 6) is 1.76. The molecule has 0 aromatic carbocycles. The number of hydrogen-bond acceptors (Lipinski definition) is 4. The van der Waals surface area contributed by atoms with Crippen LogP contribution in [0.2, 0.25) is 0 Å². The van der Waals surface area contributed by atoms with Gasteiger partial charge in [-0.25, -0.2) is 9.97 Å². The summed E-state index contributed by atoms with van der Waals surface area (Å²) in [5, 5.41) is 9.43. The van der Waals surface area contributed by atoms with Crippen LogP contribution in [0, 0.1) is 11.8 Å². The van der Waals surface area contributed by atoms with Crippen LogP contribution in [-0.2, 0) is 6.42 Å². The van der Waals surface area contributed by atoms with E-state index in [0.29, 0.717) is 11.8 Å². The number of fused-ring (bicyclic) bond motifs is 1. The Kier molecular flexibility index (Phi) is 1.92. The summed E-state index contributed by atoms with van der Waals surface area (Å²) in [5.41, 5.74) is 1.17. The number of aryl methyl sites for hydroxylation is 1. The summed E-state index contributed by atoms with van der Waals surface area (Å²) in [6, 6.07) is 0. The molecule has 2 unspecified atom stereocenters. The summed E-state index contributed by atoms with van der Waals surface area (Å²) in [4.78, 5) is 10.9. The molecule has 1 aliphatic carbocycles. The molecular weight excluding hydrogens is 190 g/mol. The zero-order valence-electron chi connectivity index (χ0n) is 8.80. The predicted octanol–water partition coefficient (Wildman–Crippen LogP) is 0.466. The average Bonchev–Trinajstić information content (AvgIpc) is 2.74. The minimum absolute atomic E-state index is 0.0591. The molecule has 4 nitrogen and oxygen atoms in total. The van der Waals surface area contributed by atoms with Crippen LogP contribution in [0.3, 0.4) is 0 Å². The van der Waals surface area contributed by atoms with Gasteiger partial charge in [0.25, 0.3) is 0 Å². The fourth-order valence-electron chi connectivity index (χ4n) is 2.35. The van der Waals surface area contributed by atoms with Crippen LogP contribution in [0.5, 0.6) is 0 Å². The lowest BCUT2D eigenvalue weighted by atomic mass is 10.3. The van der Waals surface area contributed by atoms with Gasteiger partial charge in [-0.05, 0) is 12.0 Å². The van der Waals surface area contributed by atoms with Crippen LogP contribution in [-0.4, -0.2) is 34.3 Å². The number of aliphatic hydroxyl groups is 1. The SMILES string of the molecule is CCc1cnc(N2CC3C(O)C3C2)nc1. The van der Waals surface area contributed by atoms with Crippen LogP contribution < -0.4 is 4.90 Å². The van der Waals surface area contributed by atoms with Crippen molar-refractivity contribution in [1.29, 1.82) is 0 Å². The van der Waals surface area contributed by atoms with Gasteiger partial charge in [0.05, 0.1) is 6.10 Å². The largest absolute Gasteiger partial charge is 0.392 e. The van der Waals surface area contributed by atoms with Gasteiger partial charge in [0.15, 0.2) is 0 Å². The van der Waals surface area contributed by atoms with Crippen molar-refractivity contribution in [1.82, 2.24) is 9.97 Å². The molecule has 0 radical (unpaired) electrons. The summed E-state index contributed by atoms with van der Waals surface area (Å²) in [7, 11) is 0. The number of rotatable bonds is 2. The highest BCUT2D eigenvalue weighted by Gasteiger charge is 2.55. The van der Waals surface area contributed by atoms with Crippen molar-refractivity contribution in [3.63, 3.8) is 0 Å². The van der Waals surface area contributed by atoms with Gasteiger partial charge in [-0.1, -0.05) is 6.92 Å². The summed E-state index contributed by atoms with van der Waals surface area (Å²) in [6.45, 7) is 3.92. The number of piperidine rings is 1. The van der Waals surface area contributed by atoms with Crippen molar-refractivity contribution in [3.05, 3.63) is 18.0 Å². The number of nitrogens with zero attached hydrogens (tertiary/aromatic N) is 3. The molecule has 4 heteroatoms. The van der Waals surface area contributed by atoms with Gasteiger partial charge in [0.1, 0.15) is 0 Å². The Morgan fingerprint density at radius 3 is 2.47 bits per heavy atom. The topological polar surface area (TPSA) is 49.2 Å². The molecule has 1 saturated carbocycles. The fraction of sp³-hybridized carbons (Fsp3) is 0.636. The van der Waals surface area contributed by atoms with Crippen LogP contribution in [0.15, 0.2) is 12.4 Å². The molecule has 1 aromatic heterocycles. The Labute approximate surface area is 89.0 Å². The average molecular weight is 205 g/mol. The third-order valence-corrected chi connectivity index (χ3v) is 3.53. The third-order valence-electron chi connectivity index (χ3n) is 3.53. The van der Waals surface area contributed by atoms with E-state index in [1.54, 1.807) is 0 Å². The number of aromatic nitrogens is 2. The molecular formula is C11H15N3O. The summed E-state index contributed by atoms with van der Waals surface area (Å²) < 4.78 is 0. The molecule has 15 heavy (non-hydrogen) atoms. The zero-order chi connectivity index (χ0) is 10.4. The highest BCUT2D eigenvalue weighted by atomic mass is 16.3. The van der Waals surface area contributed by atoms with E-state index < -0.39 is 0 Å². The van der Waals surface area contributed by atoms with Crippen LogP contribution >= 0.6 is 0 Å². The molecule has 2 fully saturated rings. The highest BCUT2D eigenvalue weighted by molar-refractivity contribution is 5.35. The van der Waals surface area contributed by atoms with E-state index in [1.165, 1.54) is 5.56 Å². The van der Waals surface area contributed by atoms with E-state index in [-0.39, 0.29) is 6.10 Å². The van der Waals surface area contributed by atoms with Gasteiger partial charge >= 0.3 is 0 Å². The monoisotopic (exact) mass is 205 g/mol. The van der Waals surface area contributed by atoms with Gasteiger partial charge < -0.3 is 10.0 Å². The van der Waals surface area contributed by atoms with Crippen molar-refractivity contribution in [2.45, 2.75) is 19.4 Å². The molecule has 2 atom stereocenters. The molecule has 1 N–H and O–H groups in total. The maximum absolute atomic E-state index is 9.43. The zero-order valence-corrected chi connectivity index (χ0v) is 8.80. The Balaban J connectivity index is 1.72. The molecule has 0 spiro atoms. The van der Waals surface area contributed by atoms with Crippen LogP contribution in [0.25, 0.3) is 0 Å². The van der Waals surface area contributed by atoms with Gasteiger partial charge in [0.2, 0.25) is 5.95 Å². The standard InChI is InChI=1S/C11H15N3O/c1-2-7-3-12-11(13-4-7)14-5-8-9(6-14)10(8)15/h3-4,8-10,15H,2,5-6H2,1H3. The first-order valence-corrected chi connectivity index (χ1v) is 5.53. The van der Waals surface area contributed by atoms with Crippen LogP contribution in [0.1, 0.15) is 12.5 Å². The van der Waals surface area contributed by atoms with Crippen molar-refractivity contribution < 1.29 is 5.11 Å². The number of anilines is 1. The maximum atomic E-state index is 9.43. The molecule has 2 aliphatic rings. The molecule has 0 amide bonds. The minimum atomic E-state index is -0.0591. The van der Waals surface area contributed by atoms with Crippen molar-refractivity contribution in [2.75, 3.05) is 18.0 Å². The van der Waals surface area contributed by atoms with E-state index in [2.05, 4.69) is 21.8 Å². The Morgan fingerprint density at radius 1 is 1.33 bits per heavy atom.